The number of hydrogen-bond donors (Lipinski definition) is 0. The van der Waals surface area contributed by atoms with Gasteiger partial charge in [-0.3, -0.25) is 4.98 Å². The van der Waals surface area contributed by atoms with Crippen LogP contribution in [0.25, 0.3) is 72.4 Å². The van der Waals surface area contributed by atoms with E-state index >= 15 is 0 Å². The van der Waals surface area contributed by atoms with Gasteiger partial charge in [-0.05, 0) is 85.8 Å². The van der Waals surface area contributed by atoms with Gasteiger partial charge in [0.1, 0.15) is 0 Å². The third-order valence-electron chi connectivity index (χ3n) is 12.5. The predicted molar refractivity (Wildman–Crippen MR) is 263 cm³/mol. The molecule has 5 nitrogen and oxygen atoms in total. The molecule has 0 amide bonds. The van der Waals surface area contributed by atoms with E-state index in [2.05, 4.69) is 233 Å². The van der Waals surface area contributed by atoms with Crippen molar-refractivity contribution in [1.29, 1.82) is 0 Å². The Morgan fingerprint density at radius 1 is 0.460 bits per heavy atom. The van der Waals surface area contributed by atoms with E-state index < -0.39 is 0 Å². The normalized spacial score (nSPS) is 13.0. The maximum absolute atomic E-state index is 4.74. The van der Waals surface area contributed by atoms with Gasteiger partial charge in [-0.1, -0.05) is 134 Å². The number of allylic oxidation sites excluding steroid dienone is 4. The van der Waals surface area contributed by atoms with Crippen LogP contribution in [0.3, 0.4) is 0 Å². The average Bonchev–Trinajstić information content (AvgIpc) is 3.79. The Morgan fingerprint density at radius 3 is 1.71 bits per heavy atom. The molecule has 5 heteroatoms. The number of rotatable bonds is 6. The molecule has 0 atom stereocenters. The van der Waals surface area contributed by atoms with Gasteiger partial charge in [0.15, 0.2) is 0 Å². The highest BCUT2D eigenvalue weighted by atomic mass is 15.2. The van der Waals surface area contributed by atoms with E-state index in [1.54, 1.807) is 0 Å². The lowest BCUT2D eigenvalue weighted by Crippen LogP contribution is -2.17. The first-order chi connectivity index (χ1) is 31.2. The number of nitrogens with zero attached hydrogens (tertiary/aromatic N) is 5. The summed E-state index contributed by atoms with van der Waals surface area (Å²) in [5, 5.41) is 2.27. The van der Waals surface area contributed by atoms with Crippen molar-refractivity contribution in [2.75, 3.05) is 9.80 Å². The topological polar surface area (TPSA) is 29.2 Å². The van der Waals surface area contributed by atoms with Crippen LogP contribution < -0.4 is 9.80 Å². The molecule has 12 rings (SSSR count). The average molecular weight is 808 g/mol. The van der Waals surface area contributed by atoms with Crippen molar-refractivity contribution in [1.82, 2.24) is 14.1 Å². The van der Waals surface area contributed by atoms with Crippen LogP contribution >= 0.6 is 0 Å². The Bertz CT molecular complexity index is 3500. The number of fused-ring (bicyclic) bond motifs is 12. The Morgan fingerprint density at radius 2 is 1.00 bits per heavy atom. The zero-order valence-electron chi connectivity index (χ0n) is 34.7. The number of hydrogen-bond acceptors (Lipinski definition) is 3. The summed E-state index contributed by atoms with van der Waals surface area (Å²) in [7, 11) is 0. The molecule has 0 saturated heterocycles. The Kier molecular flexibility index (Phi) is 8.47. The molecular weight excluding hydrogens is 767 g/mol. The van der Waals surface area contributed by atoms with Gasteiger partial charge in [0, 0.05) is 79.3 Å². The van der Waals surface area contributed by atoms with Gasteiger partial charge in [-0.25, -0.2) is 0 Å². The molecule has 5 heterocycles. The largest absolute Gasteiger partial charge is 0.309 e. The Hall–Kier alpha value is -8.41. The van der Waals surface area contributed by atoms with Crippen molar-refractivity contribution in [2.24, 2.45) is 0 Å². The molecule has 10 aromatic rings. The van der Waals surface area contributed by atoms with Crippen LogP contribution in [0, 0.1) is 0 Å². The third kappa shape index (κ3) is 5.46. The van der Waals surface area contributed by atoms with Crippen LogP contribution in [0.2, 0.25) is 0 Å². The summed E-state index contributed by atoms with van der Waals surface area (Å²) < 4.78 is 4.87. The van der Waals surface area contributed by atoms with Crippen LogP contribution in [0.5, 0.6) is 0 Å². The third-order valence-corrected chi connectivity index (χ3v) is 12.5. The minimum atomic E-state index is 1.03. The molecule has 0 unspecified atom stereocenters. The summed E-state index contributed by atoms with van der Waals surface area (Å²) in [6.45, 7) is 6.61. The van der Waals surface area contributed by atoms with Gasteiger partial charge in [0.25, 0.3) is 0 Å². The Balaban J connectivity index is 1.15. The van der Waals surface area contributed by atoms with E-state index in [1.807, 2.05) is 18.5 Å². The van der Waals surface area contributed by atoms with Crippen LogP contribution in [0.1, 0.15) is 12.5 Å². The molecule has 0 fully saturated rings. The van der Waals surface area contributed by atoms with Gasteiger partial charge in [-0.2, -0.15) is 0 Å². The summed E-state index contributed by atoms with van der Waals surface area (Å²) in [6.07, 6.45) is 10.4. The first-order valence-corrected chi connectivity index (χ1v) is 21.5. The van der Waals surface area contributed by atoms with Crippen molar-refractivity contribution in [3.05, 3.63) is 237 Å². The fourth-order valence-corrected chi connectivity index (χ4v) is 10.1. The van der Waals surface area contributed by atoms with Gasteiger partial charge < -0.3 is 18.9 Å². The highest BCUT2D eigenvalue weighted by Gasteiger charge is 2.34. The molecule has 63 heavy (non-hydrogen) atoms. The van der Waals surface area contributed by atoms with Crippen molar-refractivity contribution in [3.8, 4) is 45.0 Å². The molecule has 0 spiro atoms. The molecule has 3 aromatic heterocycles. The fraction of sp³-hybridized carbons (Fsp3) is 0.0172. The molecule has 0 saturated carbocycles. The standard InChI is InChI=1S/C58H41N5/c1-3-20-49-43(4-2)55-45-28-12-16-32-51(45)62(40-23-9-6-10-24-40)57(55)47-30-14-18-34-53(47)61(49)41-25-19-26-42(37-41)63-54-35-36-59-38-48(54)56-44-27-11-15-31-50(44)60(39-21-7-5-8-22-39)52-33-17-13-29-46(52)58(56)63/h3-38H,2H2,1H3/b20-3-. The number of benzene rings is 7. The summed E-state index contributed by atoms with van der Waals surface area (Å²) >= 11 is 0. The number of para-hydroxylation sites is 6. The maximum atomic E-state index is 4.74. The van der Waals surface area contributed by atoms with E-state index in [4.69, 9.17) is 4.98 Å². The van der Waals surface area contributed by atoms with Crippen LogP contribution in [-0.2, 0) is 0 Å². The van der Waals surface area contributed by atoms with E-state index in [1.165, 1.54) is 5.39 Å². The minimum absolute atomic E-state index is 1.03. The molecule has 0 N–H and O–H groups in total. The van der Waals surface area contributed by atoms with Crippen molar-refractivity contribution < 1.29 is 0 Å². The van der Waals surface area contributed by atoms with E-state index in [-0.39, 0.29) is 0 Å². The van der Waals surface area contributed by atoms with Crippen molar-refractivity contribution >= 4 is 55.8 Å². The Labute approximate surface area is 366 Å². The van der Waals surface area contributed by atoms with Crippen molar-refractivity contribution in [3.63, 3.8) is 0 Å². The summed E-state index contributed by atoms with van der Waals surface area (Å²) in [4.78, 5) is 9.57. The summed E-state index contributed by atoms with van der Waals surface area (Å²) in [6, 6.07) is 67.7. The second-order valence-electron chi connectivity index (χ2n) is 15.9. The van der Waals surface area contributed by atoms with Crippen molar-refractivity contribution in [2.45, 2.75) is 6.92 Å². The summed E-state index contributed by atoms with van der Waals surface area (Å²) in [5.74, 6) is 0. The highest BCUT2D eigenvalue weighted by Crippen LogP contribution is 2.55. The zero-order valence-corrected chi connectivity index (χ0v) is 34.7. The number of anilines is 5. The molecule has 0 bridgehead atoms. The lowest BCUT2D eigenvalue weighted by molar-refractivity contribution is 1.12. The van der Waals surface area contributed by atoms with Gasteiger partial charge in [0.2, 0.25) is 0 Å². The van der Waals surface area contributed by atoms with Gasteiger partial charge >= 0.3 is 0 Å². The molecule has 7 aromatic carbocycles. The molecule has 298 valence electrons. The lowest BCUT2D eigenvalue weighted by atomic mass is 9.97. The lowest BCUT2D eigenvalue weighted by Gasteiger charge is -2.29. The predicted octanol–water partition coefficient (Wildman–Crippen LogP) is 15.4. The molecule has 0 aliphatic carbocycles. The second-order valence-corrected chi connectivity index (χ2v) is 15.9. The molecule has 2 aliphatic rings. The fourth-order valence-electron chi connectivity index (χ4n) is 10.1. The van der Waals surface area contributed by atoms with Crippen LogP contribution in [0.15, 0.2) is 231 Å². The van der Waals surface area contributed by atoms with Crippen LogP contribution in [0.4, 0.5) is 28.4 Å². The minimum Gasteiger partial charge on any atom is -0.309 e. The SMILES string of the molecule is C=CC1=C(/C=C\C)N(c2cccc(-n3c4c(c5cnccc53)-c3ccccc3N(c3ccccc3)c3ccccc3-4)c2)c2ccccc2-c2c1c1ccccc1n2-c1ccccc1. The van der Waals surface area contributed by atoms with Gasteiger partial charge in [0.05, 0.1) is 45.2 Å². The first-order valence-electron chi connectivity index (χ1n) is 21.5. The monoisotopic (exact) mass is 807 g/mol. The second kappa shape index (κ2) is 14.6. The van der Waals surface area contributed by atoms with E-state index in [0.29, 0.717) is 0 Å². The summed E-state index contributed by atoms with van der Waals surface area (Å²) in [5.41, 5.74) is 20.0. The van der Waals surface area contributed by atoms with Crippen LogP contribution in [-0.4, -0.2) is 14.1 Å². The quantitative estimate of drug-likeness (QED) is 0.168. The van der Waals surface area contributed by atoms with E-state index in [0.717, 1.165) is 107 Å². The first kappa shape index (κ1) is 36.4. The van der Waals surface area contributed by atoms with E-state index in [9.17, 15) is 0 Å². The number of pyridine rings is 1. The smallest absolute Gasteiger partial charge is 0.0641 e. The zero-order chi connectivity index (χ0) is 42.0. The molecular formula is C58H41N5. The molecule has 0 radical (unpaired) electrons. The maximum Gasteiger partial charge on any atom is 0.0641 e. The molecule has 2 aliphatic heterocycles. The highest BCUT2D eigenvalue weighted by molar-refractivity contribution is 6.13. The van der Waals surface area contributed by atoms with Gasteiger partial charge in [-0.15, -0.1) is 0 Å². The number of aromatic nitrogens is 3.